The molecule has 2 heterocycles. The summed E-state index contributed by atoms with van der Waals surface area (Å²) in [6.07, 6.45) is -4.00. The van der Waals surface area contributed by atoms with Crippen LogP contribution < -0.4 is 10.1 Å². The molecule has 1 aliphatic heterocycles. The molecule has 1 saturated heterocycles. The zero-order valence-electron chi connectivity index (χ0n) is 16.1. The number of amides is 1. The number of piperidine rings is 1. The summed E-state index contributed by atoms with van der Waals surface area (Å²) in [5.74, 6) is -0.816. The van der Waals surface area contributed by atoms with Crippen LogP contribution in [0.25, 0.3) is 0 Å². The lowest BCUT2D eigenvalue weighted by atomic mass is 9.97. The number of halogens is 3. The fraction of sp³-hybridized carbons (Fsp3) is 0.421. The molecule has 0 spiro atoms. The lowest BCUT2D eigenvalue weighted by molar-refractivity contribution is -0.137. The molecule has 1 fully saturated rings. The van der Waals surface area contributed by atoms with Gasteiger partial charge < -0.3 is 10.1 Å². The van der Waals surface area contributed by atoms with Gasteiger partial charge in [0.1, 0.15) is 9.96 Å². The summed E-state index contributed by atoms with van der Waals surface area (Å²) in [4.78, 5) is 12.7. The van der Waals surface area contributed by atoms with E-state index in [9.17, 15) is 26.4 Å². The van der Waals surface area contributed by atoms with E-state index in [1.165, 1.54) is 16.4 Å². The average Bonchev–Trinajstić information content (AvgIpc) is 3.24. The minimum absolute atomic E-state index is 0.0506. The molecule has 1 N–H and O–H groups in total. The van der Waals surface area contributed by atoms with E-state index in [-0.39, 0.29) is 48.2 Å². The van der Waals surface area contributed by atoms with Gasteiger partial charge in [-0.3, -0.25) is 4.79 Å². The van der Waals surface area contributed by atoms with Gasteiger partial charge in [-0.25, -0.2) is 8.42 Å². The Morgan fingerprint density at radius 3 is 2.53 bits per heavy atom. The smallest absolute Gasteiger partial charge is 0.416 e. The molecule has 0 radical (unpaired) electrons. The first-order valence-corrected chi connectivity index (χ1v) is 11.6. The van der Waals surface area contributed by atoms with Crippen LogP contribution in [0.3, 0.4) is 0 Å². The number of hydrogen-bond donors (Lipinski definition) is 1. The molecule has 0 aliphatic carbocycles. The molecular formula is C19H21F3N2O4S2. The van der Waals surface area contributed by atoms with Gasteiger partial charge in [-0.15, -0.1) is 11.3 Å². The lowest BCUT2D eigenvalue weighted by Gasteiger charge is -2.30. The minimum atomic E-state index is -4.55. The molecule has 0 atom stereocenters. The average molecular weight is 463 g/mol. The van der Waals surface area contributed by atoms with Crippen molar-refractivity contribution in [3.63, 3.8) is 0 Å². The van der Waals surface area contributed by atoms with Crippen molar-refractivity contribution >= 4 is 33.0 Å². The van der Waals surface area contributed by atoms with Gasteiger partial charge in [-0.1, -0.05) is 6.07 Å². The van der Waals surface area contributed by atoms with Crippen molar-refractivity contribution in [2.24, 2.45) is 5.92 Å². The van der Waals surface area contributed by atoms with E-state index in [1.54, 1.807) is 18.4 Å². The number of sulfonamides is 1. The summed E-state index contributed by atoms with van der Waals surface area (Å²) in [6, 6.07) is 6.11. The van der Waals surface area contributed by atoms with Gasteiger partial charge in [0.05, 0.1) is 17.9 Å². The Balaban J connectivity index is 1.69. The van der Waals surface area contributed by atoms with Crippen molar-refractivity contribution in [1.82, 2.24) is 4.31 Å². The first-order valence-electron chi connectivity index (χ1n) is 9.31. The SMILES string of the molecule is CCOc1ccc(C(F)(F)F)cc1NC(=O)C1CCN(S(=O)(=O)c2cccs2)CC1. The maximum Gasteiger partial charge on any atom is 0.416 e. The highest BCUT2D eigenvalue weighted by atomic mass is 32.2. The molecule has 0 saturated carbocycles. The second-order valence-corrected chi connectivity index (χ2v) is 9.85. The number of rotatable bonds is 6. The van der Waals surface area contributed by atoms with Crippen molar-refractivity contribution < 1.29 is 31.1 Å². The third-order valence-electron chi connectivity index (χ3n) is 4.78. The second-order valence-electron chi connectivity index (χ2n) is 6.74. The Bertz CT molecular complexity index is 984. The Labute approximate surface area is 176 Å². The number of ether oxygens (including phenoxy) is 1. The zero-order chi connectivity index (χ0) is 21.9. The van der Waals surface area contributed by atoms with Gasteiger partial charge in [-0.05, 0) is 49.4 Å². The first-order chi connectivity index (χ1) is 14.1. The number of anilines is 1. The molecule has 0 unspecified atom stereocenters. The van der Waals surface area contributed by atoms with Gasteiger partial charge in [0.2, 0.25) is 5.91 Å². The van der Waals surface area contributed by atoms with Crippen LogP contribution in [0.1, 0.15) is 25.3 Å². The maximum atomic E-state index is 13.0. The fourth-order valence-electron chi connectivity index (χ4n) is 3.22. The molecule has 2 aromatic rings. The highest BCUT2D eigenvalue weighted by Gasteiger charge is 2.34. The quantitative estimate of drug-likeness (QED) is 0.698. The van der Waals surface area contributed by atoms with Crippen LogP contribution in [0, 0.1) is 5.92 Å². The highest BCUT2D eigenvalue weighted by molar-refractivity contribution is 7.91. The summed E-state index contributed by atoms with van der Waals surface area (Å²) in [6.45, 7) is 2.25. The topological polar surface area (TPSA) is 75.7 Å². The minimum Gasteiger partial charge on any atom is -0.492 e. The van der Waals surface area contributed by atoms with E-state index in [0.29, 0.717) is 0 Å². The first kappa shape index (κ1) is 22.6. The number of carbonyl (C=O) groups is 1. The molecule has 1 aliphatic rings. The molecule has 1 aromatic carbocycles. The molecule has 164 valence electrons. The van der Waals surface area contributed by atoms with Crippen molar-refractivity contribution in [1.29, 1.82) is 0 Å². The van der Waals surface area contributed by atoms with Crippen LogP contribution in [0.5, 0.6) is 5.75 Å². The van der Waals surface area contributed by atoms with Crippen LogP contribution in [0.4, 0.5) is 18.9 Å². The fourth-order valence-corrected chi connectivity index (χ4v) is 5.83. The standard InChI is InChI=1S/C19H21F3N2O4S2/c1-2-28-16-6-5-14(19(20,21)22)12-15(16)23-18(25)13-7-9-24(10-8-13)30(26,27)17-4-3-11-29-17/h3-6,11-13H,2,7-10H2,1H3,(H,23,25). The van der Waals surface area contributed by atoms with Gasteiger partial charge in [0, 0.05) is 19.0 Å². The van der Waals surface area contributed by atoms with Crippen molar-refractivity contribution in [2.45, 2.75) is 30.2 Å². The van der Waals surface area contributed by atoms with Crippen LogP contribution in [-0.4, -0.2) is 38.3 Å². The third kappa shape index (κ3) is 4.96. The Morgan fingerprint density at radius 1 is 1.27 bits per heavy atom. The molecule has 0 bridgehead atoms. The normalized spacial score (nSPS) is 16.4. The highest BCUT2D eigenvalue weighted by Crippen LogP contribution is 2.36. The van der Waals surface area contributed by atoms with Crippen molar-refractivity contribution in [3.8, 4) is 5.75 Å². The molecule has 1 aromatic heterocycles. The predicted molar refractivity (Wildman–Crippen MR) is 107 cm³/mol. The number of thiophene rings is 1. The van der Waals surface area contributed by atoms with Gasteiger partial charge in [0.25, 0.3) is 10.0 Å². The molecule has 30 heavy (non-hydrogen) atoms. The number of carbonyl (C=O) groups excluding carboxylic acids is 1. The van der Waals surface area contributed by atoms with E-state index in [4.69, 9.17) is 4.74 Å². The maximum absolute atomic E-state index is 13.0. The Hall–Kier alpha value is -2.11. The van der Waals surface area contributed by atoms with Gasteiger partial charge >= 0.3 is 6.18 Å². The molecule has 1 amide bonds. The van der Waals surface area contributed by atoms with Crippen molar-refractivity contribution in [3.05, 3.63) is 41.3 Å². The molecule has 3 rings (SSSR count). The van der Waals surface area contributed by atoms with E-state index >= 15 is 0 Å². The van der Waals surface area contributed by atoms with Crippen molar-refractivity contribution in [2.75, 3.05) is 25.0 Å². The largest absolute Gasteiger partial charge is 0.492 e. The van der Waals surface area contributed by atoms with Crippen LogP contribution in [0.2, 0.25) is 0 Å². The molecular weight excluding hydrogens is 441 g/mol. The summed E-state index contributed by atoms with van der Waals surface area (Å²) >= 11 is 1.13. The van der Waals surface area contributed by atoms with Crippen LogP contribution in [-0.2, 0) is 21.0 Å². The van der Waals surface area contributed by atoms with Gasteiger partial charge in [-0.2, -0.15) is 17.5 Å². The number of nitrogens with zero attached hydrogens (tertiary/aromatic N) is 1. The van der Waals surface area contributed by atoms with E-state index in [2.05, 4.69) is 5.32 Å². The third-order valence-corrected chi connectivity index (χ3v) is 8.05. The summed E-state index contributed by atoms with van der Waals surface area (Å²) < 4.78 is 71.2. The van der Waals surface area contributed by atoms with Crippen LogP contribution in [0.15, 0.2) is 39.9 Å². The zero-order valence-corrected chi connectivity index (χ0v) is 17.7. The predicted octanol–water partition coefficient (Wildman–Crippen LogP) is 4.21. The number of hydrogen-bond acceptors (Lipinski definition) is 5. The Morgan fingerprint density at radius 2 is 1.97 bits per heavy atom. The molecule has 6 nitrogen and oxygen atoms in total. The number of alkyl halides is 3. The van der Waals surface area contributed by atoms with Gasteiger partial charge in [0.15, 0.2) is 0 Å². The number of nitrogens with one attached hydrogen (secondary N) is 1. The summed E-state index contributed by atoms with van der Waals surface area (Å²) in [5.41, 5.74) is -0.941. The van der Waals surface area contributed by atoms with E-state index < -0.39 is 33.6 Å². The van der Waals surface area contributed by atoms with Crippen LogP contribution >= 0.6 is 11.3 Å². The second kappa shape index (κ2) is 8.94. The van der Waals surface area contributed by atoms with E-state index in [0.717, 1.165) is 23.5 Å². The monoisotopic (exact) mass is 462 g/mol. The number of benzene rings is 1. The lowest BCUT2D eigenvalue weighted by Crippen LogP contribution is -2.41. The summed E-state index contributed by atoms with van der Waals surface area (Å²) in [5, 5.41) is 4.21. The summed E-state index contributed by atoms with van der Waals surface area (Å²) in [7, 11) is -3.59. The Kier molecular flexibility index (Phi) is 6.73. The molecule has 11 heteroatoms. The van der Waals surface area contributed by atoms with E-state index in [1.807, 2.05) is 0 Å².